The summed E-state index contributed by atoms with van der Waals surface area (Å²) in [4.78, 5) is 33.0. The van der Waals surface area contributed by atoms with E-state index in [1.165, 1.54) is 36.4 Å². The van der Waals surface area contributed by atoms with Crippen LogP contribution in [0.1, 0.15) is 20.7 Å². The van der Waals surface area contributed by atoms with Crippen molar-refractivity contribution in [1.29, 1.82) is 0 Å². The molecule has 1 aliphatic heterocycles. The molecule has 3 aromatic rings. The maximum absolute atomic E-state index is 13.5. The lowest BCUT2D eigenvalue weighted by atomic mass is 10.1. The molecule has 0 aliphatic carbocycles. The Bertz CT molecular complexity index is 1130. The Balaban J connectivity index is 1.35. The zero-order valence-corrected chi connectivity index (χ0v) is 17.6. The highest BCUT2D eigenvalue weighted by atomic mass is 35.5. The number of carbonyl (C=O) groups is 2. The predicted molar refractivity (Wildman–Crippen MR) is 118 cm³/mol. The number of carbonyl (C=O) groups excluding carboxylic acids is 2. The lowest BCUT2D eigenvalue weighted by Gasteiger charge is -2.35. The van der Waals surface area contributed by atoms with Crippen LogP contribution in [0.4, 0.5) is 20.3 Å². The van der Waals surface area contributed by atoms with Crippen LogP contribution in [0, 0.1) is 11.6 Å². The molecule has 4 rings (SSSR count). The largest absolute Gasteiger partial charge is 0.353 e. The molecule has 0 atom stereocenters. The minimum atomic E-state index is -0.507. The summed E-state index contributed by atoms with van der Waals surface area (Å²) < 4.78 is 26.5. The number of piperazine rings is 1. The van der Waals surface area contributed by atoms with Gasteiger partial charge < -0.3 is 15.1 Å². The summed E-state index contributed by atoms with van der Waals surface area (Å²) in [5.41, 5.74) is 1.01. The smallest absolute Gasteiger partial charge is 0.255 e. The highest BCUT2D eigenvalue weighted by Gasteiger charge is 2.24. The van der Waals surface area contributed by atoms with Gasteiger partial charge in [-0.25, -0.2) is 13.8 Å². The molecule has 9 heteroatoms. The van der Waals surface area contributed by atoms with E-state index in [4.69, 9.17) is 11.6 Å². The number of hydrogen-bond acceptors (Lipinski definition) is 4. The molecule has 6 nitrogen and oxygen atoms in total. The second kappa shape index (κ2) is 9.32. The quantitative estimate of drug-likeness (QED) is 0.638. The zero-order valence-electron chi connectivity index (χ0n) is 16.9. The van der Waals surface area contributed by atoms with Crippen LogP contribution in [0.2, 0.25) is 5.02 Å². The second-order valence-corrected chi connectivity index (χ2v) is 7.68. The van der Waals surface area contributed by atoms with E-state index in [0.717, 1.165) is 6.07 Å². The number of benzene rings is 2. The third-order valence-corrected chi connectivity index (χ3v) is 5.49. The molecule has 0 saturated carbocycles. The molecule has 1 fully saturated rings. The Kier molecular flexibility index (Phi) is 6.32. The van der Waals surface area contributed by atoms with Gasteiger partial charge in [-0.3, -0.25) is 9.59 Å². The molecule has 0 spiro atoms. The fourth-order valence-electron chi connectivity index (χ4n) is 3.42. The molecule has 1 aromatic heterocycles. The first-order chi connectivity index (χ1) is 15.4. The molecule has 0 radical (unpaired) electrons. The average Bonchev–Trinajstić information content (AvgIpc) is 2.81. The van der Waals surface area contributed by atoms with Crippen LogP contribution in [-0.4, -0.2) is 47.9 Å². The highest BCUT2D eigenvalue weighted by Crippen LogP contribution is 2.21. The van der Waals surface area contributed by atoms with E-state index in [2.05, 4.69) is 10.3 Å². The number of hydrogen-bond donors (Lipinski definition) is 1. The maximum atomic E-state index is 13.5. The molecule has 1 aliphatic rings. The third kappa shape index (κ3) is 4.86. The van der Waals surface area contributed by atoms with E-state index < -0.39 is 11.6 Å². The number of amides is 2. The lowest BCUT2D eigenvalue weighted by Crippen LogP contribution is -2.49. The van der Waals surface area contributed by atoms with Crippen LogP contribution in [0.5, 0.6) is 0 Å². The second-order valence-electron chi connectivity index (χ2n) is 7.27. The van der Waals surface area contributed by atoms with Gasteiger partial charge in [0, 0.05) is 31.7 Å². The molecular weight excluding hydrogens is 438 g/mol. The summed E-state index contributed by atoms with van der Waals surface area (Å²) in [6.07, 6.45) is 1.54. The number of halogens is 3. The summed E-state index contributed by atoms with van der Waals surface area (Å²) in [6.45, 7) is 1.98. The van der Waals surface area contributed by atoms with Gasteiger partial charge in [-0.1, -0.05) is 11.6 Å². The first-order valence-corrected chi connectivity index (χ1v) is 10.3. The van der Waals surface area contributed by atoms with Crippen molar-refractivity contribution >= 4 is 34.9 Å². The van der Waals surface area contributed by atoms with Gasteiger partial charge in [0.2, 0.25) is 0 Å². The third-order valence-electron chi connectivity index (χ3n) is 5.16. The summed E-state index contributed by atoms with van der Waals surface area (Å²) in [7, 11) is 0. The standard InChI is InChI=1S/C23H19ClF2N4O2/c24-20-7-5-17(26)13-19(20)23(32)30-11-9-29(10-12-30)21-8-6-18(14-27-21)28-22(31)15-1-3-16(25)4-2-15/h1-8,13-14H,9-12H2,(H,28,31). The Morgan fingerprint density at radius 3 is 2.25 bits per heavy atom. The van der Waals surface area contributed by atoms with Crippen molar-refractivity contribution in [2.24, 2.45) is 0 Å². The molecule has 2 aromatic carbocycles. The molecule has 2 amide bonds. The Hall–Kier alpha value is -3.52. The summed E-state index contributed by atoms with van der Waals surface area (Å²) in [5.74, 6) is -0.870. The summed E-state index contributed by atoms with van der Waals surface area (Å²) in [6, 6.07) is 12.5. The Morgan fingerprint density at radius 2 is 1.59 bits per heavy atom. The highest BCUT2D eigenvalue weighted by molar-refractivity contribution is 6.33. The molecular formula is C23H19ClF2N4O2. The molecule has 32 heavy (non-hydrogen) atoms. The summed E-state index contributed by atoms with van der Waals surface area (Å²) in [5, 5.41) is 2.94. The average molecular weight is 457 g/mol. The van der Waals surface area contributed by atoms with Crippen molar-refractivity contribution in [3.05, 3.63) is 88.6 Å². The number of nitrogens with zero attached hydrogens (tertiary/aromatic N) is 3. The monoisotopic (exact) mass is 456 g/mol. The Morgan fingerprint density at radius 1 is 0.906 bits per heavy atom. The minimum absolute atomic E-state index is 0.152. The normalized spacial score (nSPS) is 13.7. The molecule has 1 saturated heterocycles. The van der Waals surface area contributed by atoms with Gasteiger partial charge in [-0.2, -0.15) is 0 Å². The van der Waals surface area contributed by atoms with Gasteiger partial charge >= 0.3 is 0 Å². The van der Waals surface area contributed by atoms with Gasteiger partial charge in [-0.05, 0) is 54.6 Å². The number of pyridine rings is 1. The molecule has 0 unspecified atom stereocenters. The van der Waals surface area contributed by atoms with Gasteiger partial charge in [0.1, 0.15) is 17.5 Å². The van der Waals surface area contributed by atoms with Crippen molar-refractivity contribution in [3.8, 4) is 0 Å². The van der Waals surface area contributed by atoms with Crippen LogP contribution in [-0.2, 0) is 0 Å². The fraction of sp³-hybridized carbons (Fsp3) is 0.174. The lowest BCUT2D eigenvalue weighted by molar-refractivity contribution is 0.0746. The number of anilines is 2. The topological polar surface area (TPSA) is 65.5 Å². The maximum Gasteiger partial charge on any atom is 0.255 e. The van der Waals surface area contributed by atoms with Crippen molar-refractivity contribution in [2.45, 2.75) is 0 Å². The first kappa shape index (κ1) is 21.7. The summed E-state index contributed by atoms with van der Waals surface area (Å²) >= 11 is 6.05. The molecule has 0 bridgehead atoms. The Labute approximate surface area is 188 Å². The first-order valence-electron chi connectivity index (χ1n) is 9.93. The van der Waals surface area contributed by atoms with E-state index in [-0.39, 0.29) is 22.4 Å². The minimum Gasteiger partial charge on any atom is -0.353 e. The number of aromatic nitrogens is 1. The van der Waals surface area contributed by atoms with E-state index in [1.807, 2.05) is 4.90 Å². The van der Waals surface area contributed by atoms with Crippen LogP contribution in [0.15, 0.2) is 60.8 Å². The molecule has 164 valence electrons. The van der Waals surface area contributed by atoms with Crippen molar-refractivity contribution in [1.82, 2.24) is 9.88 Å². The van der Waals surface area contributed by atoms with E-state index >= 15 is 0 Å². The molecule has 2 heterocycles. The van der Waals surface area contributed by atoms with E-state index in [1.54, 1.807) is 23.2 Å². The van der Waals surface area contributed by atoms with Crippen LogP contribution in [0.3, 0.4) is 0 Å². The van der Waals surface area contributed by atoms with Crippen LogP contribution >= 0.6 is 11.6 Å². The van der Waals surface area contributed by atoms with Crippen molar-refractivity contribution < 1.29 is 18.4 Å². The van der Waals surface area contributed by atoms with E-state index in [9.17, 15) is 18.4 Å². The van der Waals surface area contributed by atoms with E-state index in [0.29, 0.717) is 43.2 Å². The number of nitrogens with one attached hydrogen (secondary N) is 1. The SMILES string of the molecule is O=C(Nc1ccc(N2CCN(C(=O)c3cc(F)ccc3Cl)CC2)nc1)c1ccc(F)cc1. The van der Waals surface area contributed by atoms with Gasteiger partial charge in [-0.15, -0.1) is 0 Å². The van der Waals surface area contributed by atoms with Crippen molar-refractivity contribution in [2.75, 3.05) is 36.4 Å². The van der Waals surface area contributed by atoms with Gasteiger partial charge in [0.15, 0.2) is 0 Å². The molecule has 1 N–H and O–H groups in total. The zero-order chi connectivity index (χ0) is 22.7. The van der Waals surface area contributed by atoms with Crippen LogP contribution < -0.4 is 10.2 Å². The fourth-order valence-corrected chi connectivity index (χ4v) is 3.62. The predicted octanol–water partition coefficient (Wildman–Crippen LogP) is 4.23. The number of rotatable bonds is 4. The van der Waals surface area contributed by atoms with Gasteiger partial charge in [0.05, 0.1) is 22.5 Å². The van der Waals surface area contributed by atoms with Gasteiger partial charge in [0.25, 0.3) is 11.8 Å². The van der Waals surface area contributed by atoms with Crippen molar-refractivity contribution in [3.63, 3.8) is 0 Å². The van der Waals surface area contributed by atoms with Crippen LogP contribution in [0.25, 0.3) is 0 Å².